The van der Waals surface area contributed by atoms with Crippen molar-refractivity contribution in [3.05, 3.63) is 36.5 Å². The number of nitrogens with zero attached hydrogens (tertiary/aromatic N) is 2. The molecule has 2 heterocycles. The van der Waals surface area contributed by atoms with E-state index in [0.29, 0.717) is 0 Å². The molecule has 1 N–H and O–H groups in total. The lowest BCUT2D eigenvalue weighted by molar-refractivity contribution is 0.353. The van der Waals surface area contributed by atoms with Crippen LogP contribution < -0.4 is 10.2 Å². The predicted octanol–water partition coefficient (Wildman–Crippen LogP) is 2.42. The van der Waals surface area contributed by atoms with Crippen molar-refractivity contribution in [2.24, 2.45) is 0 Å². The van der Waals surface area contributed by atoms with Gasteiger partial charge in [0.15, 0.2) is 0 Å². The van der Waals surface area contributed by atoms with Crippen molar-refractivity contribution in [1.82, 2.24) is 10.3 Å². The fourth-order valence-electron chi connectivity index (χ4n) is 2.71. The Bertz CT molecular complexity index is 557. The molecule has 3 nitrogen and oxygen atoms in total. The van der Waals surface area contributed by atoms with Gasteiger partial charge in [-0.05, 0) is 38.1 Å². The van der Waals surface area contributed by atoms with Crippen molar-refractivity contribution in [3.63, 3.8) is 0 Å². The highest BCUT2D eigenvalue weighted by molar-refractivity contribution is 5.91. The molecule has 1 fully saturated rings. The first-order chi connectivity index (χ1) is 8.66. The number of pyridine rings is 1. The molecule has 0 amide bonds. The van der Waals surface area contributed by atoms with Gasteiger partial charge in [-0.25, -0.2) is 0 Å². The summed E-state index contributed by atoms with van der Waals surface area (Å²) in [5.41, 5.74) is 2.55. The van der Waals surface area contributed by atoms with Crippen LogP contribution in [0.25, 0.3) is 10.9 Å². The smallest absolute Gasteiger partial charge is 0.0722 e. The van der Waals surface area contributed by atoms with E-state index >= 15 is 0 Å². The number of piperazine rings is 1. The number of hydrogen-bond donors (Lipinski definition) is 1. The maximum Gasteiger partial charge on any atom is 0.0722 e. The normalized spacial score (nSPS) is 19.1. The van der Waals surface area contributed by atoms with Gasteiger partial charge < -0.3 is 10.2 Å². The lowest BCUT2D eigenvalue weighted by Gasteiger charge is -2.40. The van der Waals surface area contributed by atoms with Gasteiger partial charge >= 0.3 is 0 Å². The molecule has 3 rings (SSSR count). The number of benzene rings is 1. The van der Waals surface area contributed by atoms with Crippen LogP contribution in [0.2, 0.25) is 0 Å². The maximum atomic E-state index is 4.43. The Labute approximate surface area is 108 Å². The van der Waals surface area contributed by atoms with Gasteiger partial charge in [-0.1, -0.05) is 6.07 Å². The molecule has 0 saturated carbocycles. The van der Waals surface area contributed by atoms with Crippen LogP contribution >= 0.6 is 0 Å². The van der Waals surface area contributed by atoms with Crippen molar-refractivity contribution < 1.29 is 0 Å². The van der Waals surface area contributed by atoms with E-state index in [1.807, 2.05) is 12.3 Å². The van der Waals surface area contributed by atoms with E-state index in [4.69, 9.17) is 0 Å². The zero-order valence-corrected chi connectivity index (χ0v) is 11.0. The SMILES string of the molecule is CC1(C)CN(c2cccc3ncccc23)CCN1. The number of hydrogen-bond acceptors (Lipinski definition) is 3. The van der Waals surface area contributed by atoms with E-state index in [1.165, 1.54) is 11.1 Å². The first kappa shape index (κ1) is 11.5. The first-order valence-electron chi connectivity index (χ1n) is 6.49. The van der Waals surface area contributed by atoms with Gasteiger partial charge in [0, 0.05) is 42.4 Å². The van der Waals surface area contributed by atoms with Crippen LogP contribution in [0, 0.1) is 0 Å². The second kappa shape index (κ2) is 4.25. The topological polar surface area (TPSA) is 28.2 Å². The lowest BCUT2D eigenvalue weighted by atomic mass is 10.0. The van der Waals surface area contributed by atoms with E-state index in [2.05, 4.69) is 53.3 Å². The molecule has 1 aliphatic rings. The van der Waals surface area contributed by atoms with Crippen molar-refractivity contribution >= 4 is 16.6 Å². The number of fused-ring (bicyclic) bond motifs is 1. The molecular formula is C15H19N3. The van der Waals surface area contributed by atoms with Crippen molar-refractivity contribution in [2.75, 3.05) is 24.5 Å². The standard InChI is InChI=1S/C15H19N3/c1-15(2)11-18(10-9-17-15)14-7-3-6-13-12(14)5-4-8-16-13/h3-8,17H,9-11H2,1-2H3. The third-order valence-electron chi connectivity index (χ3n) is 3.53. The highest BCUT2D eigenvalue weighted by Crippen LogP contribution is 2.27. The van der Waals surface area contributed by atoms with Crippen molar-refractivity contribution in [2.45, 2.75) is 19.4 Å². The van der Waals surface area contributed by atoms with E-state index in [1.54, 1.807) is 0 Å². The lowest BCUT2D eigenvalue weighted by Crippen LogP contribution is -2.57. The van der Waals surface area contributed by atoms with Crippen LogP contribution in [0.4, 0.5) is 5.69 Å². The number of rotatable bonds is 1. The molecule has 1 aromatic heterocycles. The molecule has 2 aromatic rings. The summed E-state index contributed by atoms with van der Waals surface area (Å²) in [7, 11) is 0. The molecule has 1 saturated heterocycles. The Kier molecular flexibility index (Phi) is 2.71. The van der Waals surface area contributed by atoms with E-state index in [-0.39, 0.29) is 5.54 Å². The average molecular weight is 241 g/mol. The second-order valence-corrected chi connectivity index (χ2v) is 5.58. The average Bonchev–Trinajstić information content (AvgIpc) is 2.37. The Balaban J connectivity index is 2.04. The summed E-state index contributed by atoms with van der Waals surface area (Å²) in [6.07, 6.45) is 1.85. The summed E-state index contributed by atoms with van der Waals surface area (Å²) in [5.74, 6) is 0. The summed E-state index contributed by atoms with van der Waals surface area (Å²) in [6.45, 7) is 7.62. The molecule has 94 valence electrons. The molecule has 0 unspecified atom stereocenters. The van der Waals surface area contributed by atoms with Gasteiger partial charge in [0.05, 0.1) is 5.52 Å². The molecule has 1 aromatic carbocycles. The maximum absolute atomic E-state index is 4.43. The summed E-state index contributed by atoms with van der Waals surface area (Å²) >= 11 is 0. The molecule has 0 spiro atoms. The van der Waals surface area contributed by atoms with Crippen LogP contribution in [0.15, 0.2) is 36.5 Å². The number of aromatic nitrogens is 1. The molecule has 0 aliphatic carbocycles. The van der Waals surface area contributed by atoms with E-state index in [0.717, 1.165) is 25.2 Å². The fourth-order valence-corrected chi connectivity index (χ4v) is 2.71. The zero-order valence-electron chi connectivity index (χ0n) is 11.0. The highest BCUT2D eigenvalue weighted by Gasteiger charge is 2.26. The molecular weight excluding hydrogens is 222 g/mol. The van der Waals surface area contributed by atoms with Gasteiger partial charge in [0.1, 0.15) is 0 Å². The Hall–Kier alpha value is -1.61. The Morgan fingerprint density at radius 1 is 1.22 bits per heavy atom. The Morgan fingerprint density at radius 3 is 2.94 bits per heavy atom. The fraction of sp³-hybridized carbons (Fsp3) is 0.400. The quantitative estimate of drug-likeness (QED) is 0.831. The van der Waals surface area contributed by atoms with Gasteiger partial charge in [0.25, 0.3) is 0 Å². The molecule has 18 heavy (non-hydrogen) atoms. The van der Waals surface area contributed by atoms with Crippen LogP contribution in [0.5, 0.6) is 0 Å². The second-order valence-electron chi connectivity index (χ2n) is 5.58. The van der Waals surface area contributed by atoms with Crippen LogP contribution in [-0.2, 0) is 0 Å². The minimum Gasteiger partial charge on any atom is -0.368 e. The molecule has 1 aliphatic heterocycles. The third kappa shape index (κ3) is 2.06. The minimum atomic E-state index is 0.169. The Morgan fingerprint density at radius 2 is 2.11 bits per heavy atom. The molecule has 3 heteroatoms. The zero-order chi connectivity index (χ0) is 12.6. The monoisotopic (exact) mass is 241 g/mol. The summed E-state index contributed by atoms with van der Waals surface area (Å²) in [5, 5.41) is 4.80. The minimum absolute atomic E-state index is 0.169. The van der Waals surface area contributed by atoms with E-state index in [9.17, 15) is 0 Å². The third-order valence-corrected chi connectivity index (χ3v) is 3.53. The summed E-state index contributed by atoms with van der Waals surface area (Å²) in [4.78, 5) is 6.89. The first-order valence-corrected chi connectivity index (χ1v) is 6.49. The van der Waals surface area contributed by atoms with Crippen LogP contribution in [-0.4, -0.2) is 30.2 Å². The largest absolute Gasteiger partial charge is 0.368 e. The highest BCUT2D eigenvalue weighted by atomic mass is 15.2. The van der Waals surface area contributed by atoms with E-state index < -0.39 is 0 Å². The number of nitrogens with one attached hydrogen (secondary N) is 1. The van der Waals surface area contributed by atoms with Gasteiger partial charge in [-0.15, -0.1) is 0 Å². The predicted molar refractivity (Wildman–Crippen MR) is 76.0 cm³/mol. The number of anilines is 1. The van der Waals surface area contributed by atoms with Crippen LogP contribution in [0.3, 0.4) is 0 Å². The van der Waals surface area contributed by atoms with Crippen LogP contribution in [0.1, 0.15) is 13.8 Å². The van der Waals surface area contributed by atoms with Gasteiger partial charge in [0.2, 0.25) is 0 Å². The summed E-state index contributed by atoms with van der Waals surface area (Å²) < 4.78 is 0. The molecule has 0 bridgehead atoms. The van der Waals surface area contributed by atoms with Crippen molar-refractivity contribution in [1.29, 1.82) is 0 Å². The molecule has 0 radical (unpaired) electrons. The summed E-state index contributed by atoms with van der Waals surface area (Å²) in [6, 6.07) is 10.5. The van der Waals surface area contributed by atoms with Gasteiger partial charge in [-0.3, -0.25) is 4.98 Å². The van der Waals surface area contributed by atoms with Crippen molar-refractivity contribution in [3.8, 4) is 0 Å². The van der Waals surface area contributed by atoms with Gasteiger partial charge in [-0.2, -0.15) is 0 Å². The molecule has 0 atom stereocenters.